The minimum absolute atomic E-state index is 0.242. The number of ether oxygens (including phenoxy) is 1. The Hall–Kier alpha value is -2.30. The summed E-state index contributed by atoms with van der Waals surface area (Å²) in [6.07, 6.45) is 0. The van der Waals surface area contributed by atoms with Crippen LogP contribution in [0.3, 0.4) is 0 Å². The van der Waals surface area contributed by atoms with Crippen LogP contribution in [0, 0.1) is 20.8 Å². The summed E-state index contributed by atoms with van der Waals surface area (Å²) in [5.41, 5.74) is 3.22. The molecular weight excluding hydrogens is 268 g/mol. The fourth-order valence-corrected chi connectivity index (χ4v) is 2.10. The van der Waals surface area contributed by atoms with Crippen molar-refractivity contribution in [3.63, 3.8) is 0 Å². The molecule has 0 aliphatic rings. The van der Waals surface area contributed by atoms with Crippen LogP contribution in [-0.2, 0) is 6.61 Å². The summed E-state index contributed by atoms with van der Waals surface area (Å²) in [5.74, 6) is 1.15. The lowest BCUT2D eigenvalue weighted by Crippen LogP contribution is -2.24. The van der Waals surface area contributed by atoms with E-state index in [4.69, 9.17) is 9.26 Å². The normalized spacial score (nSPS) is 10.5. The van der Waals surface area contributed by atoms with Gasteiger partial charge in [0, 0.05) is 6.54 Å². The molecule has 5 heteroatoms. The Labute approximate surface area is 124 Å². The van der Waals surface area contributed by atoms with Crippen molar-refractivity contribution >= 4 is 5.91 Å². The summed E-state index contributed by atoms with van der Waals surface area (Å²) in [4.78, 5) is 11.9. The largest absolute Gasteiger partial charge is 0.488 e. The van der Waals surface area contributed by atoms with Crippen LogP contribution < -0.4 is 10.1 Å². The third-order valence-corrected chi connectivity index (χ3v) is 3.24. The van der Waals surface area contributed by atoms with Crippen molar-refractivity contribution in [2.24, 2.45) is 0 Å². The standard InChI is InChI=1S/C16H20N2O3/c1-5-17-16(19)15-13(12(4)21-18-15)9-20-14-7-6-10(2)8-11(14)3/h6-8H,5,9H2,1-4H3,(H,17,19). The molecule has 0 radical (unpaired) electrons. The van der Waals surface area contributed by atoms with E-state index in [9.17, 15) is 4.79 Å². The number of amides is 1. The highest BCUT2D eigenvalue weighted by Gasteiger charge is 2.19. The van der Waals surface area contributed by atoms with Crippen LogP contribution in [0.2, 0.25) is 0 Å². The maximum absolute atomic E-state index is 11.9. The van der Waals surface area contributed by atoms with E-state index in [-0.39, 0.29) is 12.5 Å². The smallest absolute Gasteiger partial charge is 0.273 e. The first-order valence-electron chi connectivity index (χ1n) is 6.96. The van der Waals surface area contributed by atoms with Gasteiger partial charge in [-0.15, -0.1) is 0 Å². The number of nitrogens with one attached hydrogen (secondary N) is 1. The minimum atomic E-state index is -0.242. The van der Waals surface area contributed by atoms with E-state index in [2.05, 4.69) is 16.5 Å². The second-order valence-electron chi connectivity index (χ2n) is 4.98. The maximum atomic E-state index is 11.9. The molecule has 1 amide bonds. The van der Waals surface area contributed by atoms with Gasteiger partial charge in [0.05, 0.1) is 5.56 Å². The average molecular weight is 288 g/mol. The van der Waals surface area contributed by atoms with Crippen molar-refractivity contribution < 1.29 is 14.1 Å². The van der Waals surface area contributed by atoms with Gasteiger partial charge in [0.2, 0.25) is 0 Å². The Kier molecular flexibility index (Phi) is 4.62. The molecule has 0 atom stereocenters. The SMILES string of the molecule is CCNC(=O)c1noc(C)c1COc1ccc(C)cc1C. The number of carbonyl (C=O) groups excluding carboxylic acids is 1. The first kappa shape index (κ1) is 15.1. The Bertz CT molecular complexity index is 647. The molecule has 1 N–H and O–H groups in total. The number of aromatic nitrogens is 1. The molecule has 1 heterocycles. The number of hydrogen-bond donors (Lipinski definition) is 1. The molecule has 0 unspecified atom stereocenters. The third kappa shape index (κ3) is 3.42. The van der Waals surface area contributed by atoms with Gasteiger partial charge >= 0.3 is 0 Å². The van der Waals surface area contributed by atoms with E-state index >= 15 is 0 Å². The predicted molar refractivity (Wildman–Crippen MR) is 79.5 cm³/mol. The number of nitrogens with zero attached hydrogens (tertiary/aromatic N) is 1. The highest BCUT2D eigenvalue weighted by molar-refractivity contribution is 5.93. The van der Waals surface area contributed by atoms with Gasteiger partial charge in [-0.1, -0.05) is 22.9 Å². The van der Waals surface area contributed by atoms with Crippen LogP contribution in [-0.4, -0.2) is 17.6 Å². The number of hydrogen-bond acceptors (Lipinski definition) is 4. The lowest BCUT2D eigenvalue weighted by Gasteiger charge is -2.10. The summed E-state index contributed by atoms with van der Waals surface area (Å²) < 4.78 is 10.9. The topological polar surface area (TPSA) is 64.4 Å². The van der Waals surface area contributed by atoms with E-state index < -0.39 is 0 Å². The van der Waals surface area contributed by atoms with E-state index in [0.717, 1.165) is 11.3 Å². The van der Waals surface area contributed by atoms with Crippen LogP contribution >= 0.6 is 0 Å². The van der Waals surface area contributed by atoms with Crippen molar-refractivity contribution in [3.05, 3.63) is 46.3 Å². The first-order chi connectivity index (χ1) is 10.0. The zero-order chi connectivity index (χ0) is 15.4. The van der Waals surface area contributed by atoms with E-state index in [1.165, 1.54) is 5.56 Å². The van der Waals surface area contributed by atoms with Crippen molar-refractivity contribution in [3.8, 4) is 5.75 Å². The number of benzene rings is 1. The number of rotatable bonds is 5. The molecule has 2 rings (SSSR count). The molecule has 0 aliphatic carbocycles. The predicted octanol–water partition coefficient (Wildman–Crippen LogP) is 2.93. The molecular formula is C16H20N2O3. The van der Waals surface area contributed by atoms with Gasteiger partial charge in [-0.05, 0) is 39.3 Å². The van der Waals surface area contributed by atoms with Crippen LogP contribution in [0.15, 0.2) is 22.7 Å². The van der Waals surface area contributed by atoms with Crippen LogP contribution in [0.1, 0.15) is 39.9 Å². The molecule has 112 valence electrons. The van der Waals surface area contributed by atoms with Crippen LogP contribution in [0.25, 0.3) is 0 Å². The summed E-state index contributed by atoms with van der Waals surface area (Å²) in [7, 11) is 0. The number of aryl methyl sites for hydroxylation is 3. The lowest BCUT2D eigenvalue weighted by atomic mass is 10.1. The fourth-order valence-electron chi connectivity index (χ4n) is 2.10. The molecule has 0 saturated carbocycles. The van der Waals surface area contributed by atoms with Crippen molar-refractivity contribution in [1.82, 2.24) is 10.5 Å². The van der Waals surface area contributed by atoms with Crippen molar-refractivity contribution in [2.75, 3.05) is 6.54 Å². The number of carbonyl (C=O) groups is 1. The van der Waals surface area contributed by atoms with Crippen LogP contribution in [0.5, 0.6) is 5.75 Å². The second-order valence-corrected chi connectivity index (χ2v) is 4.98. The molecule has 0 aliphatic heterocycles. The molecule has 1 aromatic carbocycles. The molecule has 0 bridgehead atoms. The molecule has 1 aromatic heterocycles. The fraction of sp³-hybridized carbons (Fsp3) is 0.375. The van der Waals surface area contributed by atoms with Crippen molar-refractivity contribution in [2.45, 2.75) is 34.3 Å². The van der Waals surface area contributed by atoms with Gasteiger partial charge in [-0.2, -0.15) is 0 Å². The van der Waals surface area contributed by atoms with Crippen LogP contribution in [0.4, 0.5) is 0 Å². The Morgan fingerprint density at radius 1 is 1.33 bits per heavy atom. The Morgan fingerprint density at radius 2 is 2.10 bits per heavy atom. The zero-order valence-corrected chi connectivity index (χ0v) is 12.8. The highest BCUT2D eigenvalue weighted by Crippen LogP contribution is 2.22. The summed E-state index contributed by atoms with van der Waals surface area (Å²) in [5, 5.41) is 6.53. The van der Waals surface area contributed by atoms with Gasteiger partial charge in [0.1, 0.15) is 18.1 Å². The summed E-state index contributed by atoms with van der Waals surface area (Å²) >= 11 is 0. The van der Waals surface area contributed by atoms with Gasteiger partial charge in [-0.25, -0.2) is 0 Å². The summed E-state index contributed by atoms with van der Waals surface area (Å²) in [6.45, 7) is 8.46. The van der Waals surface area contributed by atoms with Gasteiger partial charge < -0.3 is 14.6 Å². The molecule has 0 fully saturated rings. The van der Waals surface area contributed by atoms with Crippen molar-refractivity contribution in [1.29, 1.82) is 0 Å². The first-order valence-corrected chi connectivity index (χ1v) is 6.96. The maximum Gasteiger partial charge on any atom is 0.273 e. The highest BCUT2D eigenvalue weighted by atomic mass is 16.5. The van der Waals surface area contributed by atoms with E-state index in [0.29, 0.717) is 23.6 Å². The Morgan fingerprint density at radius 3 is 2.76 bits per heavy atom. The van der Waals surface area contributed by atoms with E-state index in [1.807, 2.05) is 32.9 Å². The molecule has 21 heavy (non-hydrogen) atoms. The third-order valence-electron chi connectivity index (χ3n) is 3.24. The Balaban J connectivity index is 2.16. The molecule has 5 nitrogen and oxygen atoms in total. The molecule has 2 aromatic rings. The monoisotopic (exact) mass is 288 g/mol. The van der Waals surface area contributed by atoms with Gasteiger partial charge in [0.15, 0.2) is 5.69 Å². The minimum Gasteiger partial charge on any atom is -0.488 e. The van der Waals surface area contributed by atoms with Gasteiger partial charge in [0.25, 0.3) is 5.91 Å². The van der Waals surface area contributed by atoms with E-state index in [1.54, 1.807) is 6.92 Å². The average Bonchev–Trinajstić information content (AvgIpc) is 2.79. The zero-order valence-electron chi connectivity index (χ0n) is 12.8. The molecule has 0 saturated heterocycles. The lowest BCUT2D eigenvalue weighted by molar-refractivity contribution is 0.0944. The molecule has 0 spiro atoms. The quantitative estimate of drug-likeness (QED) is 0.918. The van der Waals surface area contributed by atoms with Gasteiger partial charge in [-0.3, -0.25) is 4.79 Å². The second kappa shape index (κ2) is 6.43. The summed E-state index contributed by atoms with van der Waals surface area (Å²) in [6, 6.07) is 5.98.